The highest BCUT2D eigenvalue weighted by molar-refractivity contribution is 6.02. The SMILES string of the molecule is CC1(c2ccc(-c3ccccc3)cc2)Nc2ccccc2C(=O)N1CCc1ccccc1. The lowest BCUT2D eigenvalue weighted by Gasteiger charge is -2.47. The van der Waals surface area contributed by atoms with Crippen LogP contribution in [-0.2, 0) is 12.1 Å². The Balaban J connectivity index is 1.51. The molecule has 1 amide bonds. The fraction of sp³-hybridized carbons (Fsp3) is 0.138. The maximum Gasteiger partial charge on any atom is 0.258 e. The number of benzene rings is 4. The van der Waals surface area contributed by atoms with Crippen molar-refractivity contribution in [3.8, 4) is 11.1 Å². The predicted octanol–water partition coefficient (Wildman–Crippen LogP) is 6.34. The van der Waals surface area contributed by atoms with Gasteiger partial charge in [-0.05, 0) is 47.7 Å². The second kappa shape index (κ2) is 8.35. The molecule has 3 heteroatoms. The number of para-hydroxylation sites is 1. The molecule has 0 fully saturated rings. The molecular weight excluding hydrogens is 392 g/mol. The van der Waals surface area contributed by atoms with Crippen LogP contribution in [0, 0.1) is 0 Å². The van der Waals surface area contributed by atoms with Crippen LogP contribution in [0.4, 0.5) is 5.69 Å². The molecule has 0 saturated heterocycles. The first-order valence-electron chi connectivity index (χ1n) is 11.0. The average Bonchev–Trinajstić information content (AvgIpc) is 2.85. The van der Waals surface area contributed by atoms with Crippen molar-refractivity contribution in [3.05, 3.63) is 126 Å². The summed E-state index contributed by atoms with van der Waals surface area (Å²) in [5, 5.41) is 3.67. The highest BCUT2D eigenvalue weighted by Crippen LogP contribution is 2.38. The van der Waals surface area contributed by atoms with Crippen LogP contribution < -0.4 is 5.32 Å². The van der Waals surface area contributed by atoms with Gasteiger partial charge >= 0.3 is 0 Å². The average molecular weight is 419 g/mol. The van der Waals surface area contributed by atoms with Gasteiger partial charge in [0.25, 0.3) is 5.91 Å². The van der Waals surface area contributed by atoms with Crippen LogP contribution in [0.2, 0.25) is 0 Å². The molecule has 0 aromatic heterocycles. The molecule has 0 bridgehead atoms. The van der Waals surface area contributed by atoms with E-state index in [4.69, 9.17) is 0 Å². The molecule has 3 nitrogen and oxygen atoms in total. The number of nitrogens with zero attached hydrogens (tertiary/aromatic N) is 1. The third kappa shape index (κ3) is 3.67. The van der Waals surface area contributed by atoms with Crippen LogP contribution in [0.25, 0.3) is 11.1 Å². The van der Waals surface area contributed by atoms with Gasteiger partial charge in [0.05, 0.1) is 5.56 Å². The van der Waals surface area contributed by atoms with E-state index in [0.717, 1.165) is 28.8 Å². The van der Waals surface area contributed by atoms with Gasteiger partial charge < -0.3 is 10.2 Å². The molecule has 0 spiro atoms. The first-order valence-corrected chi connectivity index (χ1v) is 11.0. The van der Waals surface area contributed by atoms with Crippen molar-refractivity contribution >= 4 is 11.6 Å². The number of carbonyl (C=O) groups is 1. The van der Waals surface area contributed by atoms with E-state index in [9.17, 15) is 4.79 Å². The molecule has 0 radical (unpaired) electrons. The molecule has 32 heavy (non-hydrogen) atoms. The van der Waals surface area contributed by atoms with Gasteiger partial charge in [-0.25, -0.2) is 0 Å². The maximum absolute atomic E-state index is 13.6. The molecular formula is C29H26N2O. The van der Waals surface area contributed by atoms with Gasteiger partial charge in [-0.3, -0.25) is 4.79 Å². The van der Waals surface area contributed by atoms with E-state index in [1.165, 1.54) is 11.1 Å². The molecule has 0 aliphatic carbocycles. The molecule has 158 valence electrons. The molecule has 1 heterocycles. The van der Waals surface area contributed by atoms with Crippen molar-refractivity contribution in [2.24, 2.45) is 0 Å². The fourth-order valence-corrected chi connectivity index (χ4v) is 4.51. The smallest absolute Gasteiger partial charge is 0.258 e. The number of rotatable bonds is 5. The highest BCUT2D eigenvalue weighted by Gasteiger charge is 2.42. The Morgan fingerprint density at radius 3 is 2.03 bits per heavy atom. The van der Waals surface area contributed by atoms with Gasteiger partial charge in [0, 0.05) is 12.2 Å². The Morgan fingerprint density at radius 2 is 1.31 bits per heavy atom. The van der Waals surface area contributed by atoms with Crippen LogP contribution in [0.1, 0.15) is 28.4 Å². The Hall–Kier alpha value is -3.85. The van der Waals surface area contributed by atoms with E-state index >= 15 is 0 Å². The van der Waals surface area contributed by atoms with E-state index in [-0.39, 0.29) is 5.91 Å². The highest BCUT2D eigenvalue weighted by atomic mass is 16.2. The van der Waals surface area contributed by atoms with Crippen molar-refractivity contribution in [1.82, 2.24) is 4.90 Å². The van der Waals surface area contributed by atoms with Crippen LogP contribution in [-0.4, -0.2) is 17.4 Å². The minimum absolute atomic E-state index is 0.0601. The Labute approximate surface area is 189 Å². The van der Waals surface area contributed by atoms with Gasteiger partial charge in [0.1, 0.15) is 5.66 Å². The van der Waals surface area contributed by atoms with Crippen LogP contribution in [0.15, 0.2) is 109 Å². The van der Waals surface area contributed by atoms with E-state index in [1.807, 2.05) is 65.6 Å². The Morgan fingerprint density at radius 1 is 0.719 bits per heavy atom. The largest absolute Gasteiger partial charge is 0.358 e. The van der Waals surface area contributed by atoms with Crippen LogP contribution in [0.3, 0.4) is 0 Å². The lowest BCUT2D eigenvalue weighted by molar-refractivity contribution is 0.0539. The minimum atomic E-state index is -0.643. The van der Waals surface area contributed by atoms with E-state index in [0.29, 0.717) is 6.54 Å². The van der Waals surface area contributed by atoms with Gasteiger partial charge in [-0.1, -0.05) is 97.1 Å². The zero-order chi connectivity index (χ0) is 22.0. The summed E-state index contributed by atoms with van der Waals surface area (Å²) >= 11 is 0. The van der Waals surface area contributed by atoms with E-state index in [2.05, 4.69) is 60.8 Å². The number of fused-ring (bicyclic) bond motifs is 1. The first kappa shape index (κ1) is 20.1. The summed E-state index contributed by atoms with van der Waals surface area (Å²) in [5.41, 5.74) is 5.59. The van der Waals surface area contributed by atoms with Crippen molar-refractivity contribution in [1.29, 1.82) is 0 Å². The van der Waals surface area contributed by atoms with E-state index < -0.39 is 5.66 Å². The molecule has 4 aromatic carbocycles. The molecule has 1 aliphatic rings. The molecule has 1 N–H and O–H groups in total. The predicted molar refractivity (Wildman–Crippen MR) is 130 cm³/mol. The van der Waals surface area contributed by atoms with Gasteiger partial charge in [-0.2, -0.15) is 0 Å². The molecule has 5 rings (SSSR count). The number of amides is 1. The summed E-state index contributed by atoms with van der Waals surface area (Å²) in [6, 6.07) is 37.0. The standard InChI is InChI=1S/C29H26N2O/c1-29(25-18-16-24(17-19-25)23-12-6-3-7-13-23)30-27-15-9-8-14-26(27)28(32)31(29)21-20-22-10-4-2-5-11-22/h2-19,30H,20-21H2,1H3. The lowest BCUT2D eigenvalue weighted by Crippen LogP contribution is -2.56. The summed E-state index contributed by atoms with van der Waals surface area (Å²) in [5.74, 6) is 0.0601. The third-order valence-electron chi connectivity index (χ3n) is 6.34. The van der Waals surface area contributed by atoms with Crippen LogP contribution >= 0.6 is 0 Å². The maximum atomic E-state index is 13.6. The summed E-state index contributed by atoms with van der Waals surface area (Å²) < 4.78 is 0. The van der Waals surface area contributed by atoms with Crippen molar-refractivity contribution in [2.75, 3.05) is 11.9 Å². The molecule has 0 saturated carbocycles. The van der Waals surface area contributed by atoms with Gasteiger partial charge in [0.2, 0.25) is 0 Å². The second-order valence-corrected chi connectivity index (χ2v) is 8.38. The summed E-state index contributed by atoms with van der Waals surface area (Å²) in [4.78, 5) is 15.6. The van der Waals surface area contributed by atoms with Crippen molar-refractivity contribution in [3.63, 3.8) is 0 Å². The zero-order valence-electron chi connectivity index (χ0n) is 18.2. The molecule has 1 atom stereocenters. The van der Waals surface area contributed by atoms with Crippen LogP contribution in [0.5, 0.6) is 0 Å². The van der Waals surface area contributed by atoms with Gasteiger partial charge in [-0.15, -0.1) is 0 Å². The fourth-order valence-electron chi connectivity index (χ4n) is 4.51. The zero-order valence-corrected chi connectivity index (χ0v) is 18.2. The van der Waals surface area contributed by atoms with Crippen molar-refractivity contribution in [2.45, 2.75) is 19.0 Å². The summed E-state index contributed by atoms with van der Waals surface area (Å²) in [6.07, 6.45) is 0.800. The first-order chi connectivity index (χ1) is 15.6. The number of nitrogens with one attached hydrogen (secondary N) is 1. The second-order valence-electron chi connectivity index (χ2n) is 8.38. The lowest BCUT2D eigenvalue weighted by atomic mass is 9.91. The normalized spacial score (nSPS) is 17.5. The van der Waals surface area contributed by atoms with Crippen molar-refractivity contribution < 1.29 is 4.79 Å². The molecule has 4 aromatic rings. The number of hydrogen-bond acceptors (Lipinski definition) is 2. The number of carbonyl (C=O) groups excluding carboxylic acids is 1. The Bertz CT molecular complexity index is 1220. The van der Waals surface area contributed by atoms with E-state index in [1.54, 1.807) is 0 Å². The minimum Gasteiger partial charge on any atom is -0.358 e. The van der Waals surface area contributed by atoms with Gasteiger partial charge in [0.15, 0.2) is 0 Å². The topological polar surface area (TPSA) is 32.3 Å². The third-order valence-corrected chi connectivity index (χ3v) is 6.34. The molecule has 1 aliphatic heterocycles. The number of hydrogen-bond donors (Lipinski definition) is 1. The summed E-state index contributed by atoms with van der Waals surface area (Å²) in [6.45, 7) is 2.73. The quantitative estimate of drug-likeness (QED) is 0.410. The number of anilines is 1. The monoisotopic (exact) mass is 418 g/mol. The Kier molecular flexibility index (Phi) is 5.24. The summed E-state index contributed by atoms with van der Waals surface area (Å²) in [7, 11) is 0. The molecule has 1 unspecified atom stereocenters.